The van der Waals surface area contributed by atoms with Crippen LogP contribution in [0.5, 0.6) is 5.75 Å². The Morgan fingerprint density at radius 2 is 1.89 bits per heavy atom. The summed E-state index contributed by atoms with van der Waals surface area (Å²) in [6.45, 7) is 5.83. The van der Waals surface area contributed by atoms with Crippen molar-refractivity contribution in [2.45, 2.75) is 26.4 Å². The van der Waals surface area contributed by atoms with Crippen molar-refractivity contribution in [3.63, 3.8) is 0 Å². The van der Waals surface area contributed by atoms with Gasteiger partial charge in [0.15, 0.2) is 0 Å². The van der Waals surface area contributed by atoms with E-state index in [-0.39, 0.29) is 13.2 Å². The van der Waals surface area contributed by atoms with E-state index < -0.39 is 11.7 Å². The zero-order valence-electron chi connectivity index (χ0n) is 15.3. The molecule has 0 spiro atoms. The van der Waals surface area contributed by atoms with Gasteiger partial charge in [-0.2, -0.15) is 0 Å². The van der Waals surface area contributed by atoms with Crippen LogP contribution in [0, 0.1) is 0 Å². The van der Waals surface area contributed by atoms with Crippen molar-refractivity contribution in [2.24, 2.45) is 0 Å². The lowest BCUT2D eigenvalue weighted by Gasteiger charge is -2.19. The molecule has 0 aliphatic heterocycles. The van der Waals surface area contributed by atoms with Gasteiger partial charge in [-0.05, 0) is 62.7 Å². The van der Waals surface area contributed by atoms with E-state index in [1.807, 2.05) is 0 Å². The Morgan fingerprint density at radius 3 is 2.56 bits per heavy atom. The van der Waals surface area contributed by atoms with Crippen LogP contribution in [0.15, 0.2) is 36.4 Å². The van der Waals surface area contributed by atoms with Gasteiger partial charge < -0.3 is 14.8 Å². The van der Waals surface area contributed by atoms with E-state index in [9.17, 15) is 9.59 Å². The molecule has 2 rings (SSSR count). The highest BCUT2D eigenvalue weighted by molar-refractivity contribution is 6.35. The number of carbonyl (C=O) groups excluding carboxylic acids is 2. The van der Waals surface area contributed by atoms with Gasteiger partial charge >= 0.3 is 6.09 Å². The fraction of sp³-hybridized carbons (Fsp3) is 0.300. The van der Waals surface area contributed by atoms with Crippen LogP contribution in [0.3, 0.4) is 0 Å². The van der Waals surface area contributed by atoms with Gasteiger partial charge in [0.25, 0.3) is 0 Å². The lowest BCUT2D eigenvalue weighted by Crippen LogP contribution is -2.34. The minimum atomic E-state index is -0.561. The molecule has 0 unspecified atom stereocenters. The number of ether oxygens (including phenoxy) is 2. The largest absolute Gasteiger partial charge is 0.492 e. The molecule has 0 saturated heterocycles. The zero-order chi connectivity index (χ0) is 20.0. The first-order chi connectivity index (χ1) is 12.7. The third-order valence-corrected chi connectivity index (χ3v) is 3.91. The van der Waals surface area contributed by atoms with E-state index in [2.05, 4.69) is 5.32 Å². The summed E-state index contributed by atoms with van der Waals surface area (Å²) in [4.78, 5) is 22.9. The average molecular weight is 410 g/mol. The molecule has 0 heterocycles. The second-order valence-corrected chi connectivity index (χ2v) is 7.65. The summed E-state index contributed by atoms with van der Waals surface area (Å²) in [7, 11) is 0. The van der Waals surface area contributed by atoms with Crippen molar-refractivity contribution in [3.8, 4) is 16.9 Å². The molecule has 27 heavy (non-hydrogen) atoms. The molecule has 0 atom stereocenters. The number of alkyl carbamates (subject to hydrolysis) is 1. The lowest BCUT2D eigenvalue weighted by molar-refractivity contribution is 0.0520. The molecular formula is C20H21Cl2NO4. The molecule has 0 aliphatic carbocycles. The van der Waals surface area contributed by atoms with Crippen LogP contribution in [0.1, 0.15) is 31.1 Å². The minimum absolute atomic E-state index is 0.213. The number of carbonyl (C=O) groups is 2. The van der Waals surface area contributed by atoms with Crippen molar-refractivity contribution in [1.29, 1.82) is 0 Å². The first-order valence-electron chi connectivity index (χ1n) is 8.33. The standard InChI is InChI=1S/C20H21Cl2NO4/c1-20(2,3)27-19(25)23-6-7-26-16-9-13(12-24)8-14(10-16)17-11-15(21)4-5-18(17)22/h4-5,8-12H,6-7H2,1-3H3,(H,23,25). The van der Waals surface area contributed by atoms with Gasteiger partial charge in [0, 0.05) is 21.2 Å². The van der Waals surface area contributed by atoms with Crippen molar-refractivity contribution in [3.05, 3.63) is 52.0 Å². The van der Waals surface area contributed by atoms with Crippen molar-refractivity contribution < 1.29 is 19.1 Å². The SMILES string of the molecule is CC(C)(C)OC(=O)NCCOc1cc(C=O)cc(-c2cc(Cl)ccc2Cl)c1. The van der Waals surface area contributed by atoms with Gasteiger partial charge in [0.2, 0.25) is 0 Å². The average Bonchev–Trinajstić information content (AvgIpc) is 2.59. The highest BCUT2D eigenvalue weighted by atomic mass is 35.5. The number of amides is 1. The topological polar surface area (TPSA) is 64.6 Å². The molecule has 5 nitrogen and oxygen atoms in total. The Bertz CT molecular complexity index is 831. The Morgan fingerprint density at radius 1 is 1.15 bits per heavy atom. The van der Waals surface area contributed by atoms with Crippen LogP contribution in [0.4, 0.5) is 4.79 Å². The van der Waals surface area contributed by atoms with Gasteiger partial charge in [-0.15, -0.1) is 0 Å². The molecule has 0 aliphatic rings. The lowest BCUT2D eigenvalue weighted by atomic mass is 10.0. The third kappa shape index (κ3) is 6.77. The van der Waals surface area contributed by atoms with E-state index >= 15 is 0 Å². The van der Waals surface area contributed by atoms with Gasteiger partial charge in [0.05, 0.1) is 6.54 Å². The summed E-state index contributed by atoms with van der Waals surface area (Å²) in [5.41, 5.74) is 1.29. The Balaban J connectivity index is 2.06. The van der Waals surface area contributed by atoms with Crippen LogP contribution in [0.2, 0.25) is 10.0 Å². The smallest absolute Gasteiger partial charge is 0.407 e. The fourth-order valence-corrected chi connectivity index (χ4v) is 2.68. The van der Waals surface area contributed by atoms with Crippen LogP contribution >= 0.6 is 23.2 Å². The molecular weight excluding hydrogens is 389 g/mol. The highest BCUT2D eigenvalue weighted by Crippen LogP contribution is 2.33. The van der Waals surface area contributed by atoms with E-state index in [1.165, 1.54) is 0 Å². The van der Waals surface area contributed by atoms with Gasteiger partial charge in [-0.3, -0.25) is 4.79 Å². The van der Waals surface area contributed by atoms with E-state index in [1.54, 1.807) is 57.2 Å². The molecule has 7 heteroatoms. The maximum absolute atomic E-state index is 11.6. The molecule has 0 radical (unpaired) electrons. The Labute approximate surface area is 168 Å². The van der Waals surface area contributed by atoms with E-state index in [0.29, 0.717) is 32.5 Å². The molecule has 0 aromatic heterocycles. The predicted octanol–water partition coefficient (Wildman–Crippen LogP) is 5.38. The summed E-state index contributed by atoms with van der Waals surface area (Å²) in [5, 5.41) is 3.66. The summed E-state index contributed by atoms with van der Waals surface area (Å²) in [5.74, 6) is 0.483. The number of rotatable bonds is 6. The molecule has 0 fully saturated rings. The summed E-state index contributed by atoms with van der Waals surface area (Å²) in [6, 6.07) is 10.2. The van der Waals surface area contributed by atoms with Gasteiger partial charge in [0.1, 0.15) is 24.2 Å². The zero-order valence-corrected chi connectivity index (χ0v) is 16.9. The van der Waals surface area contributed by atoms with Crippen LogP contribution in [0.25, 0.3) is 11.1 Å². The number of aldehydes is 1. The monoisotopic (exact) mass is 409 g/mol. The number of benzene rings is 2. The van der Waals surface area contributed by atoms with Crippen molar-refractivity contribution >= 4 is 35.6 Å². The first kappa shape index (κ1) is 21.1. The molecule has 1 amide bonds. The third-order valence-electron chi connectivity index (χ3n) is 3.34. The van der Waals surface area contributed by atoms with Gasteiger partial charge in [-0.1, -0.05) is 23.2 Å². The maximum atomic E-state index is 11.6. The molecule has 144 valence electrons. The quantitative estimate of drug-likeness (QED) is 0.513. The van der Waals surface area contributed by atoms with Crippen molar-refractivity contribution in [2.75, 3.05) is 13.2 Å². The predicted molar refractivity (Wildman–Crippen MR) is 107 cm³/mol. The number of halogens is 2. The first-order valence-corrected chi connectivity index (χ1v) is 9.09. The molecule has 0 bridgehead atoms. The van der Waals surface area contributed by atoms with Crippen LogP contribution < -0.4 is 10.1 Å². The number of nitrogens with one attached hydrogen (secondary N) is 1. The van der Waals surface area contributed by atoms with Crippen LogP contribution in [-0.2, 0) is 4.74 Å². The summed E-state index contributed by atoms with van der Waals surface area (Å²) < 4.78 is 10.8. The van der Waals surface area contributed by atoms with E-state index in [0.717, 1.165) is 6.29 Å². The summed E-state index contributed by atoms with van der Waals surface area (Å²) in [6.07, 6.45) is 0.215. The van der Waals surface area contributed by atoms with Gasteiger partial charge in [-0.25, -0.2) is 4.79 Å². The number of hydrogen-bond donors (Lipinski definition) is 1. The molecule has 2 aromatic rings. The normalized spacial score (nSPS) is 11.0. The second-order valence-electron chi connectivity index (χ2n) is 6.81. The maximum Gasteiger partial charge on any atom is 0.407 e. The number of hydrogen-bond acceptors (Lipinski definition) is 4. The Hall–Kier alpha value is -2.24. The van der Waals surface area contributed by atoms with Crippen molar-refractivity contribution in [1.82, 2.24) is 5.32 Å². The van der Waals surface area contributed by atoms with Crippen LogP contribution in [-0.4, -0.2) is 31.1 Å². The Kier molecular flexibility index (Phi) is 7.11. The molecule has 0 saturated carbocycles. The fourth-order valence-electron chi connectivity index (χ4n) is 2.28. The summed E-state index contributed by atoms with van der Waals surface area (Å²) >= 11 is 12.3. The molecule has 1 N–H and O–H groups in total. The highest BCUT2D eigenvalue weighted by Gasteiger charge is 2.15. The second kappa shape index (κ2) is 9.11. The van der Waals surface area contributed by atoms with E-state index in [4.69, 9.17) is 32.7 Å². The molecule has 2 aromatic carbocycles. The minimum Gasteiger partial charge on any atom is -0.492 e.